The van der Waals surface area contributed by atoms with E-state index in [1.807, 2.05) is 29.2 Å². The Morgan fingerprint density at radius 3 is 2.87 bits per heavy atom. The van der Waals surface area contributed by atoms with Gasteiger partial charge in [-0.15, -0.1) is 10.2 Å². The zero-order valence-electron chi connectivity index (χ0n) is 13.0. The minimum atomic E-state index is 0.208. The second-order valence-corrected chi connectivity index (χ2v) is 6.31. The van der Waals surface area contributed by atoms with Crippen LogP contribution in [0.3, 0.4) is 0 Å². The van der Waals surface area contributed by atoms with Crippen LogP contribution in [-0.2, 0) is 4.79 Å². The number of rotatable bonds is 6. The second kappa shape index (κ2) is 7.50. The highest BCUT2D eigenvalue weighted by atomic mass is 32.2. The summed E-state index contributed by atoms with van der Waals surface area (Å²) in [4.78, 5) is 13.9. The number of methoxy groups -OCH3 is 1. The summed E-state index contributed by atoms with van der Waals surface area (Å²) in [5.41, 5.74) is 0.766. The van der Waals surface area contributed by atoms with E-state index in [0.717, 1.165) is 31.5 Å². The first kappa shape index (κ1) is 15.9. The maximum absolute atomic E-state index is 12.0. The van der Waals surface area contributed by atoms with Crippen LogP contribution in [0.1, 0.15) is 19.3 Å². The number of thioether (sulfide) groups is 1. The van der Waals surface area contributed by atoms with E-state index in [1.165, 1.54) is 11.8 Å². The molecule has 122 valence electrons. The molecule has 1 fully saturated rings. The van der Waals surface area contributed by atoms with E-state index >= 15 is 0 Å². The van der Waals surface area contributed by atoms with Gasteiger partial charge < -0.3 is 14.1 Å². The summed E-state index contributed by atoms with van der Waals surface area (Å²) in [6, 6.07) is 7.50. The Balaban J connectivity index is 1.56. The molecule has 1 saturated heterocycles. The number of nitrogens with zero attached hydrogens (tertiary/aromatic N) is 3. The summed E-state index contributed by atoms with van der Waals surface area (Å²) in [7, 11) is 1.61. The number of likely N-dealkylation sites (tertiary alicyclic amines) is 1. The van der Waals surface area contributed by atoms with Crippen molar-refractivity contribution < 1.29 is 13.9 Å². The average molecular weight is 333 g/mol. The van der Waals surface area contributed by atoms with Gasteiger partial charge in [0.25, 0.3) is 11.1 Å². The van der Waals surface area contributed by atoms with Gasteiger partial charge in [-0.25, -0.2) is 0 Å². The molecule has 0 unspecified atom stereocenters. The third-order valence-electron chi connectivity index (χ3n) is 3.74. The minimum absolute atomic E-state index is 0.208. The van der Waals surface area contributed by atoms with Crippen LogP contribution >= 0.6 is 11.8 Å². The van der Waals surface area contributed by atoms with Crippen LogP contribution < -0.4 is 4.74 Å². The average Bonchev–Trinajstić information content (AvgIpc) is 3.26. The number of benzene rings is 1. The SMILES string of the molecule is COc1ccccc1-c1nnc(SCCC(=O)N2CCCC2)o1. The van der Waals surface area contributed by atoms with E-state index in [1.54, 1.807) is 7.11 Å². The quantitative estimate of drug-likeness (QED) is 0.757. The van der Waals surface area contributed by atoms with Crippen LogP contribution in [0.5, 0.6) is 5.75 Å². The van der Waals surface area contributed by atoms with Gasteiger partial charge >= 0.3 is 0 Å². The van der Waals surface area contributed by atoms with Crippen molar-refractivity contribution in [3.63, 3.8) is 0 Å². The number of aromatic nitrogens is 2. The molecule has 1 aromatic heterocycles. The van der Waals surface area contributed by atoms with E-state index in [-0.39, 0.29) is 5.91 Å². The normalized spacial score (nSPS) is 14.2. The van der Waals surface area contributed by atoms with Crippen LogP contribution in [0, 0.1) is 0 Å². The van der Waals surface area contributed by atoms with E-state index in [9.17, 15) is 4.79 Å². The molecule has 23 heavy (non-hydrogen) atoms. The molecule has 0 bridgehead atoms. The fourth-order valence-electron chi connectivity index (χ4n) is 2.55. The smallest absolute Gasteiger partial charge is 0.276 e. The molecule has 0 radical (unpaired) electrons. The van der Waals surface area contributed by atoms with Gasteiger partial charge in [0, 0.05) is 25.3 Å². The maximum atomic E-state index is 12.0. The zero-order valence-corrected chi connectivity index (χ0v) is 13.8. The molecule has 3 rings (SSSR count). The number of hydrogen-bond donors (Lipinski definition) is 0. The Hall–Kier alpha value is -2.02. The van der Waals surface area contributed by atoms with E-state index in [0.29, 0.717) is 29.0 Å². The van der Waals surface area contributed by atoms with Gasteiger partial charge in [-0.2, -0.15) is 0 Å². The Kier molecular flexibility index (Phi) is 5.17. The summed E-state index contributed by atoms with van der Waals surface area (Å²) < 4.78 is 10.9. The first-order valence-corrected chi connectivity index (χ1v) is 8.64. The standard InChI is InChI=1S/C16H19N3O3S/c1-21-13-7-3-2-6-12(13)15-17-18-16(22-15)23-11-8-14(20)19-9-4-5-10-19/h2-3,6-7H,4-5,8-11H2,1H3. The van der Waals surface area contributed by atoms with Crippen LogP contribution in [0.25, 0.3) is 11.5 Å². The molecule has 2 aromatic rings. The molecule has 0 spiro atoms. The van der Waals surface area contributed by atoms with Gasteiger partial charge in [0.2, 0.25) is 5.91 Å². The summed E-state index contributed by atoms with van der Waals surface area (Å²) in [5.74, 6) is 1.97. The number of para-hydroxylation sites is 1. The van der Waals surface area contributed by atoms with E-state index < -0.39 is 0 Å². The van der Waals surface area contributed by atoms with Gasteiger partial charge in [0.1, 0.15) is 5.75 Å². The van der Waals surface area contributed by atoms with Crippen LogP contribution in [0.15, 0.2) is 33.9 Å². The van der Waals surface area contributed by atoms with Crippen LogP contribution in [0.2, 0.25) is 0 Å². The van der Waals surface area contributed by atoms with Gasteiger partial charge in [-0.05, 0) is 25.0 Å². The van der Waals surface area contributed by atoms with E-state index in [4.69, 9.17) is 9.15 Å². The third kappa shape index (κ3) is 3.85. The van der Waals surface area contributed by atoms with Crippen LogP contribution in [0.4, 0.5) is 0 Å². The lowest BCUT2D eigenvalue weighted by molar-refractivity contribution is -0.129. The fourth-order valence-corrected chi connectivity index (χ4v) is 3.24. The topological polar surface area (TPSA) is 68.5 Å². The molecule has 1 aliphatic heterocycles. The Morgan fingerprint density at radius 1 is 1.30 bits per heavy atom. The fraction of sp³-hybridized carbons (Fsp3) is 0.438. The monoisotopic (exact) mass is 333 g/mol. The number of carbonyl (C=O) groups excluding carboxylic acids is 1. The lowest BCUT2D eigenvalue weighted by Crippen LogP contribution is -2.27. The summed E-state index contributed by atoms with van der Waals surface area (Å²) in [6.45, 7) is 1.78. The van der Waals surface area contributed by atoms with Gasteiger partial charge in [-0.1, -0.05) is 23.9 Å². The largest absolute Gasteiger partial charge is 0.496 e. The van der Waals surface area contributed by atoms with Crippen molar-refractivity contribution in [2.24, 2.45) is 0 Å². The lowest BCUT2D eigenvalue weighted by atomic mass is 10.2. The second-order valence-electron chi connectivity index (χ2n) is 5.26. The third-order valence-corrected chi connectivity index (χ3v) is 4.56. The molecule has 6 nitrogen and oxygen atoms in total. The van der Waals surface area contributed by atoms with Crippen molar-refractivity contribution in [2.45, 2.75) is 24.5 Å². The first-order valence-electron chi connectivity index (χ1n) is 7.65. The summed E-state index contributed by atoms with van der Waals surface area (Å²) in [5, 5.41) is 8.56. The molecule has 1 aliphatic rings. The molecule has 0 N–H and O–H groups in total. The molecule has 0 atom stereocenters. The number of carbonyl (C=O) groups is 1. The molecular formula is C16H19N3O3S. The number of amides is 1. The predicted molar refractivity (Wildman–Crippen MR) is 87.4 cm³/mol. The van der Waals surface area contributed by atoms with Gasteiger partial charge in [0.15, 0.2) is 0 Å². The van der Waals surface area contributed by atoms with Crippen molar-refractivity contribution in [1.82, 2.24) is 15.1 Å². The van der Waals surface area contributed by atoms with E-state index in [2.05, 4.69) is 10.2 Å². The summed E-state index contributed by atoms with van der Waals surface area (Å²) in [6.07, 6.45) is 2.73. The zero-order chi connectivity index (χ0) is 16.1. The molecule has 1 aromatic carbocycles. The molecule has 1 amide bonds. The highest BCUT2D eigenvalue weighted by molar-refractivity contribution is 7.99. The maximum Gasteiger partial charge on any atom is 0.276 e. The molecule has 0 saturated carbocycles. The number of ether oxygens (including phenoxy) is 1. The van der Waals surface area contributed by atoms with Crippen molar-refractivity contribution in [3.8, 4) is 17.2 Å². The van der Waals surface area contributed by atoms with Gasteiger partial charge in [0.05, 0.1) is 12.7 Å². The van der Waals surface area contributed by atoms with Crippen molar-refractivity contribution in [2.75, 3.05) is 26.0 Å². The molecule has 0 aliphatic carbocycles. The van der Waals surface area contributed by atoms with Gasteiger partial charge in [-0.3, -0.25) is 4.79 Å². The molecule has 2 heterocycles. The Bertz CT molecular complexity index is 668. The Labute approximate surface area is 139 Å². The van der Waals surface area contributed by atoms with Crippen LogP contribution in [-0.4, -0.2) is 47.0 Å². The molecule has 7 heteroatoms. The summed E-state index contributed by atoms with van der Waals surface area (Å²) >= 11 is 1.41. The van der Waals surface area contributed by atoms with Crippen molar-refractivity contribution >= 4 is 17.7 Å². The predicted octanol–water partition coefficient (Wildman–Crippen LogP) is 2.85. The van der Waals surface area contributed by atoms with Crippen molar-refractivity contribution in [1.29, 1.82) is 0 Å². The minimum Gasteiger partial charge on any atom is -0.496 e. The Morgan fingerprint density at radius 2 is 2.09 bits per heavy atom. The highest BCUT2D eigenvalue weighted by Crippen LogP contribution is 2.30. The highest BCUT2D eigenvalue weighted by Gasteiger charge is 2.18. The van der Waals surface area contributed by atoms with Crippen molar-refractivity contribution in [3.05, 3.63) is 24.3 Å². The number of hydrogen-bond acceptors (Lipinski definition) is 6. The molecular weight excluding hydrogens is 314 g/mol. The first-order chi connectivity index (χ1) is 11.3. The lowest BCUT2D eigenvalue weighted by Gasteiger charge is -2.14.